The lowest BCUT2D eigenvalue weighted by atomic mass is 10.1. The van der Waals surface area contributed by atoms with Gasteiger partial charge in [0.2, 0.25) is 0 Å². The first kappa shape index (κ1) is 19.9. The summed E-state index contributed by atoms with van der Waals surface area (Å²) in [6, 6.07) is 9.06. The number of anilines is 1. The van der Waals surface area contributed by atoms with Crippen LogP contribution in [0.4, 0.5) is 14.5 Å². The molecule has 0 fully saturated rings. The maximum atomic E-state index is 13.3. The van der Waals surface area contributed by atoms with E-state index < -0.39 is 11.6 Å². The molecule has 0 heterocycles. The van der Waals surface area contributed by atoms with Crippen molar-refractivity contribution in [1.29, 1.82) is 0 Å². The second kappa shape index (κ2) is 9.33. The monoisotopic (exact) mass is 380 g/mol. The molecule has 2 aromatic rings. The van der Waals surface area contributed by atoms with Gasteiger partial charge in [0.25, 0.3) is 0 Å². The van der Waals surface area contributed by atoms with E-state index in [4.69, 9.17) is 21.7 Å². The number of thiocarbonyl (C=S) groups is 1. The van der Waals surface area contributed by atoms with Crippen LogP contribution in [-0.2, 0) is 0 Å². The fraction of sp³-hybridized carbons (Fsp3) is 0.316. The van der Waals surface area contributed by atoms with Gasteiger partial charge in [-0.1, -0.05) is 6.07 Å². The van der Waals surface area contributed by atoms with Gasteiger partial charge in [0, 0.05) is 11.8 Å². The third-order valence-electron chi connectivity index (χ3n) is 3.59. The Morgan fingerprint density at radius 2 is 1.69 bits per heavy atom. The van der Waals surface area contributed by atoms with Gasteiger partial charge < -0.3 is 20.1 Å². The van der Waals surface area contributed by atoms with Crippen molar-refractivity contribution in [3.8, 4) is 11.5 Å². The Morgan fingerprint density at radius 1 is 1.00 bits per heavy atom. The molecule has 4 nitrogen and oxygen atoms in total. The van der Waals surface area contributed by atoms with Crippen LogP contribution < -0.4 is 20.1 Å². The highest BCUT2D eigenvalue weighted by Crippen LogP contribution is 2.30. The topological polar surface area (TPSA) is 42.5 Å². The largest absolute Gasteiger partial charge is 0.490 e. The number of nitrogens with one attached hydrogen (secondary N) is 2. The molecule has 0 bridgehead atoms. The van der Waals surface area contributed by atoms with E-state index >= 15 is 0 Å². The number of hydrogen-bond donors (Lipinski definition) is 2. The number of halogens is 2. The maximum absolute atomic E-state index is 13.3. The van der Waals surface area contributed by atoms with Crippen molar-refractivity contribution in [2.24, 2.45) is 0 Å². The van der Waals surface area contributed by atoms with Gasteiger partial charge in [-0.05, 0) is 62.8 Å². The van der Waals surface area contributed by atoms with Gasteiger partial charge >= 0.3 is 0 Å². The number of ether oxygens (including phenoxy) is 2. The Hall–Kier alpha value is -2.41. The first-order chi connectivity index (χ1) is 12.4. The SMILES string of the molecule is CCOc1ccc(C(C)NC(=S)Nc2ccc(F)c(F)c2)cc1OCC. The molecule has 0 aliphatic carbocycles. The standard InChI is InChI=1S/C19H22F2N2O2S/c1-4-24-17-9-6-13(10-18(17)25-5-2)12(3)22-19(26)23-14-7-8-15(20)16(21)11-14/h6-12H,4-5H2,1-3H3,(H2,22,23,26). The average molecular weight is 380 g/mol. The minimum atomic E-state index is -0.932. The Kier molecular flexibility index (Phi) is 7.15. The first-order valence-electron chi connectivity index (χ1n) is 8.36. The molecule has 2 N–H and O–H groups in total. The lowest BCUT2D eigenvalue weighted by molar-refractivity contribution is 0.287. The minimum Gasteiger partial charge on any atom is -0.490 e. The van der Waals surface area contributed by atoms with Crippen LogP contribution in [0.3, 0.4) is 0 Å². The number of hydrogen-bond acceptors (Lipinski definition) is 3. The molecule has 0 radical (unpaired) electrons. The molecule has 1 atom stereocenters. The van der Waals surface area contributed by atoms with E-state index in [0.29, 0.717) is 35.5 Å². The molecular weight excluding hydrogens is 358 g/mol. The van der Waals surface area contributed by atoms with Crippen LogP contribution >= 0.6 is 12.2 Å². The van der Waals surface area contributed by atoms with Gasteiger partial charge in [-0.25, -0.2) is 8.78 Å². The molecule has 0 aliphatic heterocycles. The number of benzene rings is 2. The van der Waals surface area contributed by atoms with E-state index in [1.54, 1.807) is 0 Å². The van der Waals surface area contributed by atoms with Crippen molar-refractivity contribution in [3.63, 3.8) is 0 Å². The molecule has 140 valence electrons. The predicted molar refractivity (Wildman–Crippen MR) is 103 cm³/mol. The number of rotatable bonds is 7. The third kappa shape index (κ3) is 5.29. The molecule has 0 aliphatic rings. The molecular formula is C19H22F2N2O2S. The van der Waals surface area contributed by atoms with Crippen molar-refractivity contribution < 1.29 is 18.3 Å². The van der Waals surface area contributed by atoms with Crippen molar-refractivity contribution >= 4 is 23.0 Å². The lowest BCUT2D eigenvalue weighted by Crippen LogP contribution is -2.31. The normalized spacial score (nSPS) is 11.6. The summed E-state index contributed by atoms with van der Waals surface area (Å²) in [5.74, 6) is -0.480. The Bertz CT molecular complexity index is 771. The van der Waals surface area contributed by atoms with Crippen molar-refractivity contribution in [3.05, 3.63) is 53.6 Å². The van der Waals surface area contributed by atoms with Crippen LogP contribution in [0.2, 0.25) is 0 Å². The fourth-order valence-electron chi connectivity index (χ4n) is 2.36. The zero-order valence-electron chi connectivity index (χ0n) is 14.9. The van der Waals surface area contributed by atoms with Crippen LogP contribution in [0.5, 0.6) is 11.5 Å². The first-order valence-corrected chi connectivity index (χ1v) is 8.77. The van der Waals surface area contributed by atoms with Gasteiger partial charge in [-0.2, -0.15) is 0 Å². The smallest absolute Gasteiger partial charge is 0.171 e. The zero-order valence-corrected chi connectivity index (χ0v) is 15.8. The van der Waals surface area contributed by atoms with Gasteiger partial charge in [0.05, 0.1) is 19.3 Å². The highest BCUT2D eigenvalue weighted by atomic mass is 32.1. The molecule has 7 heteroatoms. The van der Waals surface area contributed by atoms with Crippen molar-refractivity contribution in [2.75, 3.05) is 18.5 Å². The highest BCUT2D eigenvalue weighted by molar-refractivity contribution is 7.80. The summed E-state index contributed by atoms with van der Waals surface area (Å²) in [6.07, 6.45) is 0. The second-order valence-corrected chi connectivity index (χ2v) is 5.93. The molecule has 26 heavy (non-hydrogen) atoms. The van der Waals surface area contributed by atoms with Crippen LogP contribution in [0.25, 0.3) is 0 Å². The van der Waals surface area contributed by atoms with E-state index in [1.165, 1.54) is 6.07 Å². The Labute approximate surface area is 157 Å². The quantitative estimate of drug-likeness (QED) is 0.675. The van der Waals surface area contributed by atoms with Crippen molar-refractivity contribution in [2.45, 2.75) is 26.8 Å². The molecule has 2 aromatic carbocycles. The molecule has 0 saturated carbocycles. The fourth-order valence-corrected chi connectivity index (χ4v) is 2.65. The maximum Gasteiger partial charge on any atom is 0.171 e. The lowest BCUT2D eigenvalue weighted by Gasteiger charge is -2.19. The summed E-state index contributed by atoms with van der Waals surface area (Å²) in [6.45, 7) is 6.84. The van der Waals surface area contributed by atoms with Crippen LogP contribution in [-0.4, -0.2) is 18.3 Å². The highest BCUT2D eigenvalue weighted by Gasteiger charge is 2.12. The molecule has 2 rings (SSSR count). The van der Waals surface area contributed by atoms with Gasteiger partial charge in [0.1, 0.15) is 0 Å². The Morgan fingerprint density at radius 3 is 2.35 bits per heavy atom. The molecule has 0 saturated heterocycles. The second-order valence-electron chi connectivity index (χ2n) is 5.52. The molecule has 1 unspecified atom stereocenters. The van der Waals surface area contributed by atoms with Crippen molar-refractivity contribution in [1.82, 2.24) is 5.32 Å². The van der Waals surface area contributed by atoms with Crippen LogP contribution in [0, 0.1) is 11.6 Å². The molecule has 0 spiro atoms. The summed E-state index contributed by atoms with van der Waals surface area (Å²) in [5, 5.41) is 6.25. The molecule has 0 aromatic heterocycles. The van der Waals surface area contributed by atoms with Gasteiger partial charge in [-0.3, -0.25) is 0 Å². The van der Waals surface area contributed by atoms with E-state index in [-0.39, 0.29) is 6.04 Å². The Balaban J connectivity index is 2.05. The average Bonchev–Trinajstić information content (AvgIpc) is 2.60. The van der Waals surface area contributed by atoms with Gasteiger partial charge in [0.15, 0.2) is 28.2 Å². The molecule has 0 amide bonds. The predicted octanol–water partition coefficient (Wildman–Crippen LogP) is 4.81. The van der Waals surface area contributed by atoms with E-state index in [0.717, 1.165) is 17.7 Å². The van der Waals surface area contributed by atoms with Gasteiger partial charge in [-0.15, -0.1) is 0 Å². The summed E-state index contributed by atoms with van der Waals surface area (Å²) in [5.41, 5.74) is 1.32. The summed E-state index contributed by atoms with van der Waals surface area (Å²) in [4.78, 5) is 0. The summed E-state index contributed by atoms with van der Waals surface area (Å²) in [7, 11) is 0. The van der Waals surface area contributed by atoms with E-state index in [1.807, 2.05) is 39.0 Å². The summed E-state index contributed by atoms with van der Waals surface area (Å²) < 4.78 is 37.4. The zero-order chi connectivity index (χ0) is 19.1. The van der Waals surface area contributed by atoms with E-state index in [9.17, 15) is 8.78 Å². The summed E-state index contributed by atoms with van der Waals surface area (Å²) >= 11 is 5.25. The van der Waals surface area contributed by atoms with Crippen LogP contribution in [0.15, 0.2) is 36.4 Å². The minimum absolute atomic E-state index is 0.129. The van der Waals surface area contributed by atoms with Crippen LogP contribution in [0.1, 0.15) is 32.4 Å². The van der Waals surface area contributed by atoms with E-state index in [2.05, 4.69) is 10.6 Å². The third-order valence-corrected chi connectivity index (χ3v) is 3.81.